The van der Waals surface area contributed by atoms with Gasteiger partial charge in [-0.1, -0.05) is 18.2 Å². The van der Waals surface area contributed by atoms with Crippen molar-refractivity contribution in [3.63, 3.8) is 0 Å². The van der Waals surface area contributed by atoms with Gasteiger partial charge in [0.25, 0.3) is 0 Å². The normalized spacial score (nSPS) is 11.1. The van der Waals surface area contributed by atoms with Crippen LogP contribution in [0.4, 0.5) is 8.78 Å². The summed E-state index contributed by atoms with van der Waals surface area (Å²) in [6, 6.07) is 9.28. The quantitative estimate of drug-likeness (QED) is 0.658. The molecule has 0 fully saturated rings. The summed E-state index contributed by atoms with van der Waals surface area (Å²) in [6.07, 6.45) is 0. The first-order valence-electron chi connectivity index (χ1n) is 5.74. The van der Waals surface area contributed by atoms with Crippen LogP contribution in [0.25, 0.3) is 16.7 Å². The molecule has 0 aliphatic rings. The van der Waals surface area contributed by atoms with E-state index in [0.717, 1.165) is 11.1 Å². The Morgan fingerprint density at radius 2 is 1.68 bits per heavy atom. The second kappa shape index (κ2) is 4.28. The molecular weight excluding hydrogens is 266 g/mol. The molecule has 2 nitrogen and oxygen atoms in total. The number of hydrogen-bond acceptors (Lipinski definition) is 1. The first kappa shape index (κ1) is 12.0. The Balaban J connectivity index is 2.47. The van der Waals surface area contributed by atoms with Gasteiger partial charge in [-0.3, -0.25) is 4.57 Å². The van der Waals surface area contributed by atoms with E-state index in [9.17, 15) is 8.78 Å². The number of aryl methyl sites for hydroxylation is 1. The minimum absolute atomic E-state index is 0.149. The lowest BCUT2D eigenvalue weighted by Crippen LogP contribution is -2.01. The Morgan fingerprint density at radius 1 is 1.05 bits per heavy atom. The molecule has 0 spiro atoms. The van der Waals surface area contributed by atoms with E-state index in [-0.39, 0.29) is 10.5 Å². The molecule has 0 aliphatic carbocycles. The fraction of sp³-hybridized carbons (Fsp3) is 0.0714. The number of hydrogen-bond donors (Lipinski definition) is 1. The van der Waals surface area contributed by atoms with Crippen molar-refractivity contribution in [3.05, 3.63) is 58.4 Å². The molecule has 5 heteroatoms. The number of halogens is 2. The number of H-pyrrole nitrogens is 1. The molecule has 0 saturated carbocycles. The molecule has 0 atom stereocenters. The smallest absolute Gasteiger partial charge is 0.182 e. The van der Waals surface area contributed by atoms with Crippen LogP contribution in [0.5, 0.6) is 0 Å². The third-order valence-corrected chi connectivity index (χ3v) is 3.37. The minimum Gasteiger partial charge on any atom is -0.330 e. The fourth-order valence-corrected chi connectivity index (χ4v) is 2.49. The predicted octanol–water partition coefficient (Wildman–Crippen LogP) is 4.27. The number of fused-ring (bicyclic) bond motifs is 1. The van der Waals surface area contributed by atoms with E-state index in [1.54, 1.807) is 6.07 Å². The van der Waals surface area contributed by atoms with Crippen molar-refractivity contribution in [1.82, 2.24) is 9.55 Å². The molecule has 2 aromatic carbocycles. The van der Waals surface area contributed by atoms with Gasteiger partial charge in [0.1, 0.15) is 17.3 Å². The summed E-state index contributed by atoms with van der Waals surface area (Å²) in [7, 11) is 0. The Bertz CT molecular complexity index is 813. The van der Waals surface area contributed by atoms with Crippen molar-refractivity contribution in [2.24, 2.45) is 0 Å². The van der Waals surface area contributed by atoms with Gasteiger partial charge in [-0.2, -0.15) is 0 Å². The van der Waals surface area contributed by atoms with Crippen molar-refractivity contribution in [1.29, 1.82) is 0 Å². The molecule has 0 unspecified atom stereocenters. The Labute approximate surface area is 113 Å². The van der Waals surface area contributed by atoms with Gasteiger partial charge in [0.05, 0.1) is 11.0 Å². The van der Waals surface area contributed by atoms with Crippen LogP contribution in [-0.4, -0.2) is 9.55 Å². The number of aromatic amines is 1. The van der Waals surface area contributed by atoms with Crippen LogP contribution < -0.4 is 0 Å². The number of nitrogens with zero attached hydrogens (tertiary/aromatic N) is 1. The number of aromatic nitrogens is 2. The monoisotopic (exact) mass is 276 g/mol. The summed E-state index contributed by atoms with van der Waals surface area (Å²) in [5, 5.41) is 0. The van der Waals surface area contributed by atoms with Gasteiger partial charge in [0.2, 0.25) is 0 Å². The number of rotatable bonds is 1. The average molecular weight is 276 g/mol. The SMILES string of the molecule is Cc1cccc2c1[nH]c(=S)n2-c1c(F)cccc1F. The molecule has 0 bridgehead atoms. The van der Waals surface area contributed by atoms with Crippen LogP contribution in [0.3, 0.4) is 0 Å². The van der Waals surface area contributed by atoms with Crippen molar-refractivity contribution < 1.29 is 8.78 Å². The molecule has 0 saturated heterocycles. The second-order valence-electron chi connectivity index (χ2n) is 4.30. The maximum Gasteiger partial charge on any atom is 0.182 e. The summed E-state index contributed by atoms with van der Waals surface area (Å²) in [6.45, 7) is 1.91. The number of para-hydroxylation sites is 2. The van der Waals surface area contributed by atoms with Crippen LogP contribution in [-0.2, 0) is 0 Å². The molecule has 3 aromatic rings. The molecular formula is C14H10F2N2S. The molecule has 1 heterocycles. The number of benzene rings is 2. The highest BCUT2D eigenvalue weighted by Crippen LogP contribution is 2.25. The Morgan fingerprint density at radius 3 is 2.37 bits per heavy atom. The van der Waals surface area contributed by atoms with E-state index in [0.29, 0.717) is 5.52 Å². The predicted molar refractivity (Wildman–Crippen MR) is 73.1 cm³/mol. The standard InChI is InChI=1S/C14H10F2N2S/c1-8-4-2-7-11-12(8)17-14(19)18(11)13-9(15)5-3-6-10(13)16/h2-7H,1H3,(H,17,19). The molecule has 96 valence electrons. The third-order valence-electron chi connectivity index (χ3n) is 3.09. The van der Waals surface area contributed by atoms with E-state index in [1.807, 2.05) is 19.1 Å². The zero-order valence-corrected chi connectivity index (χ0v) is 10.9. The molecule has 19 heavy (non-hydrogen) atoms. The fourth-order valence-electron chi connectivity index (χ4n) is 2.20. The van der Waals surface area contributed by atoms with E-state index in [2.05, 4.69) is 4.98 Å². The topological polar surface area (TPSA) is 20.7 Å². The Kier molecular flexibility index (Phi) is 2.71. The second-order valence-corrected chi connectivity index (χ2v) is 4.69. The van der Waals surface area contributed by atoms with Crippen molar-refractivity contribution >= 4 is 23.3 Å². The van der Waals surface area contributed by atoms with Crippen LogP contribution in [0.1, 0.15) is 5.56 Å². The van der Waals surface area contributed by atoms with E-state index < -0.39 is 11.6 Å². The van der Waals surface area contributed by atoms with Gasteiger partial charge in [0.15, 0.2) is 4.77 Å². The first-order chi connectivity index (χ1) is 9.09. The van der Waals surface area contributed by atoms with Crippen LogP contribution in [0.2, 0.25) is 0 Å². The average Bonchev–Trinajstić information content (AvgIpc) is 2.68. The lowest BCUT2D eigenvalue weighted by molar-refractivity contribution is 0.570. The molecule has 0 radical (unpaired) electrons. The van der Waals surface area contributed by atoms with E-state index in [4.69, 9.17) is 12.2 Å². The van der Waals surface area contributed by atoms with Crippen LogP contribution >= 0.6 is 12.2 Å². The maximum atomic E-state index is 13.9. The van der Waals surface area contributed by atoms with Crippen molar-refractivity contribution in [2.75, 3.05) is 0 Å². The Hall–Kier alpha value is -2.01. The molecule has 0 amide bonds. The van der Waals surface area contributed by atoms with E-state index >= 15 is 0 Å². The maximum absolute atomic E-state index is 13.9. The van der Waals surface area contributed by atoms with Crippen LogP contribution in [0, 0.1) is 23.3 Å². The van der Waals surface area contributed by atoms with Gasteiger partial charge in [-0.25, -0.2) is 8.78 Å². The van der Waals surface area contributed by atoms with Crippen molar-refractivity contribution in [3.8, 4) is 5.69 Å². The molecule has 3 rings (SSSR count). The van der Waals surface area contributed by atoms with Crippen LogP contribution in [0.15, 0.2) is 36.4 Å². The summed E-state index contributed by atoms with van der Waals surface area (Å²) in [5.41, 5.74) is 2.27. The number of imidazole rings is 1. The van der Waals surface area contributed by atoms with Gasteiger partial charge in [-0.05, 0) is 42.9 Å². The van der Waals surface area contributed by atoms with Gasteiger partial charge >= 0.3 is 0 Å². The van der Waals surface area contributed by atoms with Gasteiger partial charge in [-0.15, -0.1) is 0 Å². The highest BCUT2D eigenvalue weighted by atomic mass is 32.1. The minimum atomic E-state index is -0.640. The summed E-state index contributed by atoms with van der Waals surface area (Å²) < 4.78 is 29.5. The summed E-state index contributed by atoms with van der Waals surface area (Å²) >= 11 is 5.19. The van der Waals surface area contributed by atoms with Crippen molar-refractivity contribution in [2.45, 2.75) is 6.92 Å². The highest BCUT2D eigenvalue weighted by molar-refractivity contribution is 7.71. The first-order valence-corrected chi connectivity index (χ1v) is 6.15. The molecule has 1 N–H and O–H groups in total. The summed E-state index contributed by atoms with van der Waals surface area (Å²) in [4.78, 5) is 2.99. The van der Waals surface area contributed by atoms with E-state index in [1.165, 1.54) is 22.8 Å². The lowest BCUT2D eigenvalue weighted by Gasteiger charge is -2.07. The zero-order chi connectivity index (χ0) is 13.6. The van der Waals surface area contributed by atoms with Gasteiger partial charge < -0.3 is 4.98 Å². The number of nitrogens with one attached hydrogen (secondary N) is 1. The van der Waals surface area contributed by atoms with Gasteiger partial charge in [0, 0.05) is 0 Å². The lowest BCUT2D eigenvalue weighted by atomic mass is 10.2. The third kappa shape index (κ3) is 1.77. The largest absolute Gasteiger partial charge is 0.330 e. The zero-order valence-electron chi connectivity index (χ0n) is 10.1. The molecule has 0 aliphatic heterocycles. The highest BCUT2D eigenvalue weighted by Gasteiger charge is 2.15. The summed E-state index contributed by atoms with van der Waals surface area (Å²) in [5.74, 6) is -1.28. The molecule has 1 aromatic heterocycles.